The molecular weight excluding hydrogens is 390 g/mol. The second-order valence-electron chi connectivity index (χ2n) is 6.53. The lowest BCUT2D eigenvalue weighted by molar-refractivity contribution is -0.394. The van der Waals surface area contributed by atoms with E-state index in [1.54, 1.807) is 19.0 Å². The summed E-state index contributed by atoms with van der Waals surface area (Å²) >= 11 is 0. The average Bonchev–Trinajstić information content (AvgIpc) is 2.66. The molecule has 2 rings (SSSR count). The Morgan fingerprint density at radius 1 is 0.931 bits per heavy atom. The molecule has 0 radical (unpaired) electrons. The van der Waals surface area contributed by atoms with Gasteiger partial charge in [-0.3, -0.25) is 25.0 Å². The normalized spacial score (nSPS) is 10.8. The van der Waals surface area contributed by atoms with Gasteiger partial charge in [-0.1, -0.05) is 6.07 Å². The highest BCUT2D eigenvalue weighted by Gasteiger charge is 2.24. The van der Waals surface area contributed by atoms with E-state index in [1.165, 1.54) is 11.0 Å². The Bertz CT molecular complexity index is 920. The number of nitrogens with zero attached hydrogens (tertiary/aromatic N) is 4. The van der Waals surface area contributed by atoms with Crippen LogP contribution in [0.5, 0.6) is 0 Å². The molecule has 1 amide bonds. The van der Waals surface area contributed by atoms with Crippen molar-refractivity contribution < 1.29 is 23.4 Å². The number of carbonyl (C=O) groups excluding carboxylic acids is 1. The molecule has 0 unspecified atom stereocenters. The van der Waals surface area contributed by atoms with Crippen LogP contribution in [0.4, 0.5) is 20.2 Å². The summed E-state index contributed by atoms with van der Waals surface area (Å²) in [5.74, 6) is -2.81. The maximum Gasteiger partial charge on any atom is 0.277 e. The maximum atomic E-state index is 13.5. The molecule has 0 saturated carbocycles. The van der Waals surface area contributed by atoms with Crippen LogP contribution in [0.25, 0.3) is 0 Å². The zero-order valence-electron chi connectivity index (χ0n) is 15.7. The number of carbonyl (C=O) groups is 1. The topological polar surface area (TPSA) is 110 Å². The first-order chi connectivity index (χ1) is 13.6. The summed E-state index contributed by atoms with van der Waals surface area (Å²) in [6.45, 7) is 0.452. The molecule has 0 saturated heterocycles. The maximum absolute atomic E-state index is 13.5. The highest BCUT2D eigenvalue weighted by atomic mass is 19.2. The van der Waals surface area contributed by atoms with Gasteiger partial charge < -0.3 is 9.80 Å². The van der Waals surface area contributed by atoms with Crippen LogP contribution in [-0.4, -0.2) is 52.7 Å². The molecule has 0 bridgehead atoms. The summed E-state index contributed by atoms with van der Waals surface area (Å²) in [4.78, 5) is 36.5. The molecule has 0 aromatic heterocycles. The van der Waals surface area contributed by atoms with Crippen LogP contribution < -0.4 is 0 Å². The van der Waals surface area contributed by atoms with Gasteiger partial charge in [0.2, 0.25) is 0 Å². The van der Waals surface area contributed by atoms with Crippen LogP contribution >= 0.6 is 0 Å². The number of nitro benzene ring substituents is 2. The highest BCUT2D eigenvalue weighted by Crippen LogP contribution is 2.24. The van der Waals surface area contributed by atoms with E-state index < -0.39 is 38.8 Å². The summed E-state index contributed by atoms with van der Waals surface area (Å²) in [5.41, 5.74) is -1.13. The fraction of sp³-hybridized carbons (Fsp3) is 0.278. The molecule has 0 spiro atoms. The summed E-state index contributed by atoms with van der Waals surface area (Å²) in [5, 5.41) is 22.1. The predicted molar refractivity (Wildman–Crippen MR) is 99.4 cm³/mol. The van der Waals surface area contributed by atoms with E-state index in [9.17, 15) is 33.8 Å². The minimum atomic E-state index is -1.08. The largest absolute Gasteiger partial charge is 0.333 e. The molecule has 154 valence electrons. The van der Waals surface area contributed by atoms with Gasteiger partial charge in [0.25, 0.3) is 17.3 Å². The fourth-order valence-electron chi connectivity index (χ4n) is 2.54. The molecule has 0 fully saturated rings. The van der Waals surface area contributed by atoms with E-state index in [-0.39, 0.29) is 18.7 Å². The average molecular weight is 408 g/mol. The van der Waals surface area contributed by atoms with Crippen LogP contribution in [0.1, 0.15) is 15.9 Å². The number of non-ortho nitro benzene ring substituents is 2. The second kappa shape index (κ2) is 9.15. The number of nitro groups is 2. The molecule has 9 nitrogen and oxygen atoms in total. The minimum Gasteiger partial charge on any atom is -0.333 e. The van der Waals surface area contributed by atoms with Gasteiger partial charge in [0.15, 0.2) is 11.6 Å². The van der Waals surface area contributed by atoms with Crippen molar-refractivity contribution in [2.24, 2.45) is 0 Å². The van der Waals surface area contributed by atoms with Crippen molar-refractivity contribution in [1.29, 1.82) is 0 Å². The Kier molecular flexibility index (Phi) is 6.89. The third-order valence-corrected chi connectivity index (χ3v) is 4.03. The first-order valence-electron chi connectivity index (χ1n) is 8.40. The molecule has 29 heavy (non-hydrogen) atoms. The van der Waals surface area contributed by atoms with Gasteiger partial charge >= 0.3 is 0 Å². The fourth-order valence-corrected chi connectivity index (χ4v) is 2.54. The van der Waals surface area contributed by atoms with Crippen molar-refractivity contribution in [2.75, 3.05) is 27.2 Å². The van der Waals surface area contributed by atoms with Crippen molar-refractivity contribution in [3.63, 3.8) is 0 Å². The molecule has 0 N–H and O–H groups in total. The lowest BCUT2D eigenvalue weighted by Crippen LogP contribution is -2.36. The summed E-state index contributed by atoms with van der Waals surface area (Å²) in [6.07, 6.45) is 0. The molecule has 0 aliphatic carbocycles. The molecular formula is C18H18F2N4O5. The van der Waals surface area contributed by atoms with Crippen molar-refractivity contribution >= 4 is 17.3 Å². The van der Waals surface area contributed by atoms with Crippen LogP contribution in [-0.2, 0) is 6.54 Å². The highest BCUT2D eigenvalue weighted by molar-refractivity contribution is 5.95. The standard InChI is InChI=1S/C18H18F2N4O5/c1-21(2)5-6-22(11-12-3-4-16(19)17(20)7-12)18(25)13-8-14(23(26)27)10-15(9-13)24(28)29/h3-4,7-10H,5-6,11H2,1-2H3. The number of halogens is 2. The monoisotopic (exact) mass is 408 g/mol. The first kappa shape index (κ1) is 21.8. The lowest BCUT2D eigenvalue weighted by atomic mass is 10.1. The quantitative estimate of drug-likeness (QED) is 0.491. The minimum absolute atomic E-state index is 0.111. The Hall–Kier alpha value is -3.47. The van der Waals surface area contributed by atoms with E-state index in [0.29, 0.717) is 12.1 Å². The van der Waals surface area contributed by atoms with Crippen molar-refractivity contribution in [3.8, 4) is 0 Å². The molecule has 2 aromatic carbocycles. The SMILES string of the molecule is CN(C)CCN(Cc1ccc(F)c(F)c1)C(=O)c1cc([N+](=O)[O-])cc([N+](=O)[O-])c1. The van der Waals surface area contributed by atoms with Crippen LogP contribution in [0, 0.1) is 31.9 Å². The predicted octanol–water partition coefficient (Wildman–Crippen LogP) is 2.99. The number of amides is 1. The van der Waals surface area contributed by atoms with Gasteiger partial charge in [-0.2, -0.15) is 0 Å². The molecule has 0 aliphatic rings. The van der Waals surface area contributed by atoms with Crippen LogP contribution in [0.2, 0.25) is 0 Å². The van der Waals surface area contributed by atoms with Gasteiger partial charge in [0, 0.05) is 31.8 Å². The molecule has 2 aromatic rings. The molecule has 11 heteroatoms. The summed E-state index contributed by atoms with van der Waals surface area (Å²) in [7, 11) is 3.52. The number of benzene rings is 2. The lowest BCUT2D eigenvalue weighted by Gasteiger charge is -2.24. The van der Waals surface area contributed by atoms with E-state index in [4.69, 9.17) is 0 Å². The van der Waals surface area contributed by atoms with E-state index in [1.807, 2.05) is 0 Å². The number of rotatable bonds is 8. The smallest absolute Gasteiger partial charge is 0.277 e. The third kappa shape index (κ3) is 5.75. The Morgan fingerprint density at radius 2 is 1.52 bits per heavy atom. The Labute approximate surface area is 164 Å². The third-order valence-electron chi connectivity index (χ3n) is 4.03. The number of hydrogen-bond donors (Lipinski definition) is 0. The number of likely N-dealkylation sites (N-methyl/N-ethyl adjacent to an activating group) is 1. The van der Waals surface area contributed by atoms with Gasteiger partial charge in [-0.25, -0.2) is 8.78 Å². The Balaban J connectivity index is 2.41. The van der Waals surface area contributed by atoms with Crippen molar-refractivity contribution in [1.82, 2.24) is 9.80 Å². The first-order valence-corrected chi connectivity index (χ1v) is 8.40. The van der Waals surface area contributed by atoms with Crippen molar-refractivity contribution in [3.05, 3.63) is 79.4 Å². The van der Waals surface area contributed by atoms with Gasteiger partial charge in [0.05, 0.1) is 21.5 Å². The van der Waals surface area contributed by atoms with E-state index in [2.05, 4.69) is 0 Å². The zero-order valence-corrected chi connectivity index (χ0v) is 15.7. The summed E-state index contributed by atoms with van der Waals surface area (Å²) in [6, 6.07) is 5.84. The van der Waals surface area contributed by atoms with Crippen LogP contribution in [0.3, 0.4) is 0 Å². The molecule has 0 heterocycles. The van der Waals surface area contributed by atoms with Crippen molar-refractivity contribution in [2.45, 2.75) is 6.54 Å². The second-order valence-corrected chi connectivity index (χ2v) is 6.53. The Morgan fingerprint density at radius 3 is 2.00 bits per heavy atom. The summed E-state index contributed by atoms with van der Waals surface area (Å²) < 4.78 is 26.7. The van der Waals surface area contributed by atoms with Gasteiger partial charge in [0.1, 0.15) is 0 Å². The molecule has 0 atom stereocenters. The zero-order chi connectivity index (χ0) is 21.7. The van der Waals surface area contributed by atoms with E-state index >= 15 is 0 Å². The number of hydrogen-bond acceptors (Lipinski definition) is 6. The molecule has 0 aliphatic heterocycles. The van der Waals surface area contributed by atoms with Gasteiger partial charge in [-0.15, -0.1) is 0 Å². The van der Waals surface area contributed by atoms with Crippen LogP contribution in [0.15, 0.2) is 36.4 Å². The van der Waals surface area contributed by atoms with Gasteiger partial charge in [-0.05, 0) is 31.8 Å². The van der Waals surface area contributed by atoms with E-state index in [0.717, 1.165) is 30.3 Å².